The summed E-state index contributed by atoms with van der Waals surface area (Å²) in [5.74, 6) is 1.69. The van der Waals surface area contributed by atoms with Crippen molar-refractivity contribution in [3.05, 3.63) is 243 Å². The molecule has 0 unspecified atom stereocenters. The van der Waals surface area contributed by atoms with Crippen molar-refractivity contribution < 1.29 is 0 Å². The molecule has 6 nitrogen and oxygen atoms in total. The zero-order valence-electron chi connectivity index (χ0n) is 33.8. The van der Waals surface area contributed by atoms with Crippen LogP contribution in [0.25, 0.3) is 55.7 Å². The van der Waals surface area contributed by atoms with Crippen LogP contribution in [-0.2, 0) is 0 Å². The van der Waals surface area contributed by atoms with Gasteiger partial charge in [0.25, 0.3) is 0 Å². The Labute approximate surface area is 360 Å². The van der Waals surface area contributed by atoms with Crippen LogP contribution in [0, 0.1) is 0 Å². The van der Waals surface area contributed by atoms with Gasteiger partial charge in [-0.05, 0) is 121 Å². The summed E-state index contributed by atoms with van der Waals surface area (Å²) < 4.78 is 4.71. The Balaban J connectivity index is 1.04. The minimum Gasteiger partial charge on any atom is -0.309 e. The highest BCUT2D eigenvalue weighted by atomic mass is 15.2. The molecular formula is C56H40N6. The second kappa shape index (κ2) is 15.9. The first-order chi connectivity index (χ1) is 30.8. The fourth-order valence-electron chi connectivity index (χ4n) is 8.52. The third-order valence-corrected chi connectivity index (χ3v) is 11.4. The van der Waals surface area contributed by atoms with Crippen molar-refractivity contribution in [3.8, 4) is 33.9 Å². The fraction of sp³-hybridized carbons (Fsp3) is 0. The Morgan fingerprint density at radius 1 is 0.306 bits per heavy atom. The van der Waals surface area contributed by atoms with Crippen LogP contribution in [0.15, 0.2) is 243 Å². The second-order valence-electron chi connectivity index (χ2n) is 15.2. The molecule has 6 heteroatoms. The smallest absolute Gasteiger partial charge is 0.137 e. The number of hydrogen-bond donors (Lipinski definition) is 0. The topological polar surface area (TPSA) is 42.1 Å². The van der Waals surface area contributed by atoms with Gasteiger partial charge in [0.1, 0.15) is 11.6 Å². The van der Waals surface area contributed by atoms with E-state index < -0.39 is 0 Å². The maximum Gasteiger partial charge on any atom is 0.137 e. The lowest BCUT2D eigenvalue weighted by Crippen LogP contribution is -2.11. The van der Waals surface area contributed by atoms with Gasteiger partial charge < -0.3 is 9.13 Å². The Bertz CT molecular complexity index is 2940. The van der Waals surface area contributed by atoms with Gasteiger partial charge in [0.2, 0.25) is 0 Å². The Hall–Kier alpha value is -8.48. The Morgan fingerprint density at radius 2 is 0.613 bits per heavy atom. The number of fused-ring (bicyclic) bond motifs is 2. The highest BCUT2D eigenvalue weighted by molar-refractivity contribution is 6.02. The summed E-state index contributed by atoms with van der Waals surface area (Å²) in [6, 6.07) is 80.6. The number of anilines is 6. The van der Waals surface area contributed by atoms with Crippen molar-refractivity contribution in [1.29, 1.82) is 0 Å². The van der Waals surface area contributed by atoms with Gasteiger partial charge >= 0.3 is 0 Å². The Morgan fingerprint density at radius 3 is 0.903 bits per heavy atom. The van der Waals surface area contributed by atoms with Crippen molar-refractivity contribution in [2.45, 2.75) is 0 Å². The van der Waals surface area contributed by atoms with Crippen molar-refractivity contribution in [1.82, 2.24) is 19.1 Å². The maximum absolute atomic E-state index is 5.11. The molecule has 0 saturated heterocycles. The summed E-state index contributed by atoms with van der Waals surface area (Å²) in [5, 5.41) is 2.26. The molecular weight excluding hydrogens is 757 g/mol. The molecule has 0 N–H and O–H groups in total. The van der Waals surface area contributed by atoms with E-state index in [1.807, 2.05) is 36.7 Å². The molecule has 0 spiro atoms. The van der Waals surface area contributed by atoms with E-state index in [0.29, 0.717) is 0 Å². The van der Waals surface area contributed by atoms with Crippen molar-refractivity contribution >= 4 is 56.2 Å². The minimum atomic E-state index is 0.846. The summed E-state index contributed by atoms with van der Waals surface area (Å²) in [6.45, 7) is 0. The SMILES string of the molecule is c1ccc(N(c2ccccc2)c2ccc(-c3cc4cc5c(cc(-c6ccc(N(c7ccccc7)c7ccccc7)nc6)n5-c5ccccc5)cc4n3-c3ccccc3)cn2)cc1. The summed E-state index contributed by atoms with van der Waals surface area (Å²) in [5.41, 5.74) is 12.8. The maximum atomic E-state index is 5.11. The van der Waals surface area contributed by atoms with Crippen molar-refractivity contribution in [3.63, 3.8) is 0 Å². The van der Waals surface area contributed by atoms with E-state index in [0.717, 1.165) is 90.1 Å². The van der Waals surface area contributed by atoms with E-state index in [1.165, 1.54) is 0 Å². The molecule has 0 atom stereocenters. The molecule has 11 aromatic rings. The summed E-state index contributed by atoms with van der Waals surface area (Å²) in [7, 11) is 0. The van der Waals surface area contributed by atoms with Gasteiger partial charge in [0.15, 0.2) is 0 Å². The van der Waals surface area contributed by atoms with Gasteiger partial charge in [0.05, 0.1) is 22.4 Å². The average molecular weight is 797 g/mol. The monoisotopic (exact) mass is 796 g/mol. The fourth-order valence-corrected chi connectivity index (χ4v) is 8.52. The molecule has 0 bridgehead atoms. The molecule has 7 aromatic carbocycles. The number of nitrogens with zero attached hydrogens (tertiary/aromatic N) is 6. The van der Waals surface area contributed by atoms with E-state index in [4.69, 9.17) is 9.97 Å². The van der Waals surface area contributed by atoms with E-state index in [2.05, 4.69) is 225 Å². The van der Waals surface area contributed by atoms with Gasteiger partial charge in [-0.1, -0.05) is 109 Å². The van der Waals surface area contributed by atoms with E-state index in [-0.39, 0.29) is 0 Å². The quantitative estimate of drug-likeness (QED) is 0.138. The van der Waals surface area contributed by atoms with E-state index >= 15 is 0 Å². The van der Waals surface area contributed by atoms with Gasteiger partial charge in [-0.3, -0.25) is 9.80 Å². The number of aromatic nitrogens is 4. The number of benzene rings is 7. The molecule has 4 heterocycles. The van der Waals surface area contributed by atoms with Gasteiger partial charge in [0, 0.05) is 68.4 Å². The van der Waals surface area contributed by atoms with Crippen LogP contribution in [0.2, 0.25) is 0 Å². The molecule has 0 aliphatic carbocycles. The lowest BCUT2D eigenvalue weighted by atomic mass is 10.1. The number of para-hydroxylation sites is 6. The molecule has 0 radical (unpaired) electrons. The molecule has 0 aliphatic heterocycles. The first-order valence-electron chi connectivity index (χ1n) is 20.8. The Kier molecular flexibility index (Phi) is 9.41. The first-order valence-corrected chi connectivity index (χ1v) is 20.8. The van der Waals surface area contributed by atoms with Crippen LogP contribution < -0.4 is 9.80 Å². The number of rotatable bonds is 10. The number of pyridine rings is 2. The lowest BCUT2D eigenvalue weighted by Gasteiger charge is -2.24. The van der Waals surface area contributed by atoms with Gasteiger partial charge in [-0.15, -0.1) is 0 Å². The number of hydrogen-bond acceptors (Lipinski definition) is 4. The van der Waals surface area contributed by atoms with Crippen molar-refractivity contribution in [2.24, 2.45) is 0 Å². The molecule has 294 valence electrons. The largest absolute Gasteiger partial charge is 0.309 e. The van der Waals surface area contributed by atoms with Crippen LogP contribution >= 0.6 is 0 Å². The normalized spacial score (nSPS) is 11.2. The standard InChI is InChI=1S/C56H40N6/c1-7-19-45(20-8-1)59(46-21-9-2-10-22-46)55-33-31-41(39-57-55)51-35-43-37-54-44(38-53(43)61(51)49-27-15-5-16-28-49)36-52(62(54)50-29-17-6-18-30-50)42-32-34-56(58-40-42)60(47-23-11-3-12-24-47)48-25-13-4-14-26-48/h1-40H. The molecule has 11 rings (SSSR count). The molecule has 4 aromatic heterocycles. The van der Waals surface area contributed by atoms with E-state index in [1.54, 1.807) is 0 Å². The lowest BCUT2D eigenvalue weighted by molar-refractivity contribution is 1.12. The van der Waals surface area contributed by atoms with Crippen LogP contribution in [0.5, 0.6) is 0 Å². The second-order valence-corrected chi connectivity index (χ2v) is 15.2. The first kappa shape index (κ1) is 36.6. The average Bonchev–Trinajstić information content (AvgIpc) is 3.91. The molecule has 0 amide bonds. The third kappa shape index (κ3) is 6.76. The van der Waals surface area contributed by atoms with Crippen LogP contribution in [0.3, 0.4) is 0 Å². The predicted molar refractivity (Wildman–Crippen MR) is 256 cm³/mol. The summed E-state index contributed by atoms with van der Waals surface area (Å²) in [4.78, 5) is 14.6. The zero-order chi connectivity index (χ0) is 41.2. The molecule has 0 aliphatic rings. The third-order valence-electron chi connectivity index (χ3n) is 11.4. The highest BCUT2D eigenvalue weighted by Gasteiger charge is 2.21. The van der Waals surface area contributed by atoms with Gasteiger partial charge in [-0.25, -0.2) is 9.97 Å². The van der Waals surface area contributed by atoms with Gasteiger partial charge in [-0.2, -0.15) is 0 Å². The van der Waals surface area contributed by atoms with Crippen LogP contribution in [0.1, 0.15) is 0 Å². The highest BCUT2D eigenvalue weighted by Crippen LogP contribution is 2.40. The van der Waals surface area contributed by atoms with Crippen LogP contribution in [-0.4, -0.2) is 19.1 Å². The molecule has 0 saturated carbocycles. The molecule has 0 fully saturated rings. The van der Waals surface area contributed by atoms with E-state index in [9.17, 15) is 0 Å². The molecule has 62 heavy (non-hydrogen) atoms. The predicted octanol–water partition coefficient (Wildman–Crippen LogP) is 14.6. The minimum absolute atomic E-state index is 0.846. The zero-order valence-corrected chi connectivity index (χ0v) is 33.8. The summed E-state index contributed by atoms with van der Waals surface area (Å²) >= 11 is 0. The summed E-state index contributed by atoms with van der Waals surface area (Å²) in [6.07, 6.45) is 3.99. The van der Waals surface area contributed by atoms with Crippen molar-refractivity contribution in [2.75, 3.05) is 9.80 Å². The van der Waals surface area contributed by atoms with Crippen LogP contribution in [0.4, 0.5) is 34.4 Å².